The Bertz CT molecular complexity index is 163. The van der Waals surface area contributed by atoms with Crippen LogP contribution in [0, 0.1) is 0 Å². The molecule has 0 fully saturated rings. The first kappa shape index (κ1) is 11.4. The highest BCUT2D eigenvalue weighted by Gasteiger charge is 2.11. The molecule has 6 heteroatoms. The van der Waals surface area contributed by atoms with Crippen LogP contribution in [0.15, 0.2) is 0 Å². The van der Waals surface area contributed by atoms with Gasteiger partial charge in [0, 0.05) is 5.75 Å². The molecule has 1 atom stereocenters. The SMILES string of the molecule is NC(N)CC(=O)N[C@H]([C]=O)CS. The Kier molecular flexibility index (Phi) is 5.69. The minimum Gasteiger partial charge on any atom is -0.345 e. The van der Waals surface area contributed by atoms with Crippen molar-refractivity contribution in [2.24, 2.45) is 11.5 Å². The lowest BCUT2D eigenvalue weighted by atomic mass is 10.3. The van der Waals surface area contributed by atoms with Crippen molar-refractivity contribution >= 4 is 24.8 Å². The standard InChI is InChI=1S/C6H12N3O2S/c7-5(8)1-6(11)9-4(2-10)3-12/h4-5,12H,1,3,7-8H2,(H,9,11)/t4-/m1/s1. The maximum atomic E-state index is 10.9. The fourth-order valence-electron chi connectivity index (χ4n) is 0.580. The predicted octanol–water partition coefficient (Wildman–Crippen LogP) is -1.86. The second-order valence-electron chi connectivity index (χ2n) is 2.29. The van der Waals surface area contributed by atoms with Crippen LogP contribution < -0.4 is 16.8 Å². The van der Waals surface area contributed by atoms with Gasteiger partial charge in [-0.3, -0.25) is 9.59 Å². The van der Waals surface area contributed by atoms with Gasteiger partial charge in [-0.1, -0.05) is 0 Å². The largest absolute Gasteiger partial charge is 0.345 e. The van der Waals surface area contributed by atoms with E-state index in [0.29, 0.717) is 0 Å². The number of thiol groups is 1. The Morgan fingerprint density at radius 1 is 1.58 bits per heavy atom. The fraction of sp³-hybridized carbons (Fsp3) is 0.667. The molecule has 0 aliphatic rings. The molecule has 0 saturated carbocycles. The van der Waals surface area contributed by atoms with Gasteiger partial charge in [0.15, 0.2) is 0 Å². The van der Waals surface area contributed by atoms with E-state index in [9.17, 15) is 9.59 Å². The molecule has 69 valence electrons. The number of hydrogen-bond acceptors (Lipinski definition) is 5. The van der Waals surface area contributed by atoms with E-state index in [-0.39, 0.29) is 18.1 Å². The number of hydrogen-bond donors (Lipinski definition) is 4. The van der Waals surface area contributed by atoms with Crippen molar-refractivity contribution in [2.45, 2.75) is 18.6 Å². The molecule has 0 heterocycles. The Balaban J connectivity index is 3.74. The zero-order valence-corrected chi connectivity index (χ0v) is 7.38. The number of carbonyl (C=O) groups is 1. The first-order valence-corrected chi connectivity index (χ1v) is 4.02. The number of carbonyl (C=O) groups excluding carboxylic acids is 2. The summed E-state index contributed by atoms with van der Waals surface area (Å²) in [6.07, 6.45) is 0.911. The molecule has 0 rings (SSSR count). The van der Waals surface area contributed by atoms with Crippen LogP contribution in [0.25, 0.3) is 0 Å². The van der Waals surface area contributed by atoms with E-state index in [1.54, 1.807) is 6.29 Å². The molecule has 0 saturated heterocycles. The van der Waals surface area contributed by atoms with Gasteiger partial charge >= 0.3 is 0 Å². The third-order valence-corrected chi connectivity index (χ3v) is 1.45. The Morgan fingerprint density at radius 2 is 2.17 bits per heavy atom. The summed E-state index contributed by atoms with van der Waals surface area (Å²) in [6, 6.07) is -0.681. The van der Waals surface area contributed by atoms with Gasteiger partial charge in [-0.05, 0) is 0 Å². The van der Waals surface area contributed by atoms with Crippen molar-refractivity contribution in [1.29, 1.82) is 0 Å². The quantitative estimate of drug-likeness (QED) is 0.302. The van der Waals surface area contributed by atoms with Crippen molar-refractivity contribution in [1.82, 2.24) is 5.32 Å². The lowest BCUT2D eigenvalue weighted by molar-refractivity contribution is -0.121. The van der Waals surface area contributed by atoms with Crippen LogP contribution >= 0.6 is 12.6 Å². The minimum absolute atomic E-state index is 0.00798. The van der Waals surface area contributed by atoms with Crippen LogP contribution in [-0.4, -0.2) is 30.2 Å². The number of amides is 1. The van der Waals surface area contributed by atoms with E-state index in [1.807, 2.05) is 0 Å². The molecule has 0 aliphatic heterocycles. The van der Waals surface area contributed by atoms with Crippen LogP contribution in [0.1, 0.15) is 6.42 Å². The lowest BCUT2D eigenvalue weighted by Crippen LogP contribution is -2.42. The summed E-state index contributed by atoms with van der Waals surface area (Å²) in [5, 5.41) is 2.35. The molecule has 5 nitrogen and oxygen atoms in total. The molecule has 0 aromatic heterocycles. The van der Waals surface area contributed by atoms with Gasteiger partial charge in [0.1, 0.15) is 6.04 Å². The third-order valence-electron chi connectivity index (χ3n) is 1.08. The lowest BCUT2D eigenvalue weighted by Gasteiger charge is -2.10. The summed E-state index contributed by atoms with van der Waals surface area (Å²) in [4.78, 5) is 21.0. The van der Waals surface area contributed by atoms with Gasteiger partial charge in [0.2, 0.25) is 12.2 Å². The summed E-state index contributed by atoms with van der Waals surface area (Å²) in [6.45, 7) is 0. The normalized spacial score (nSPS) is 12.7. The Morgan fingerprint density at radius 3 is 2.50 bits per heavy atom. The zero-order chi connectivity index (χ0) is 9.56. The highest BCUT2D eigenvalue weighted by atomic mass is 32.1. The number of nitrogens with two attached hydrogens (primary N) is 2. The smallest absolute Gasteiger partial charge is 0.223 e. The van der Waals surface area contributed by atoms with Crippen LogP contribution in [0.4, 0.5) is 0 Å². The molecule has 0 bridgehead atoms. The fourth-order valence-corrected chi connectivity index (χ4v) is 0.746. The zero-order valence-electron chi connectivity index (χ0n) is 6.49. The van der Waals surface area contributed by atoms with Crippen molar-refractivity contribution in [3.8, 4) is 0 Å². The monoisotopic (exact) mass is 190 g/mol. The maximum absolute atomic E-state index is 10.9. The summed E-state index contributed by atoms with van der Waals surface area (Å²) in [5.74, 6) is -0.151. The van der Waals surface area contributed by atoms with Crippen molar-refractivity contribution in [2.75, 3.05) is 5.75 Å². The highest BCUT2D eigenvalue weighted by Crippen LogP contribution is 1.86. The molecule has 12 heavy (non-hydrogen) atoms. The van der Waals surface area contributed by atoms with E-state index < -0.39 is 12.2 Å². The summed E-state index contributed by atoms with van der Waals surface area (Å²) in [5.41, 5.74) is 10.3. The van der Waals surface area contributed by atoms with Crippen LogP contribution in [0.5, 0.6) is 0 Å². The molecule has 0 aromatic rings. The average Bonchev–Trinajstić information content (AvgIpc) is 1.98. The molecular weight excluding hydrogens is 178 g/mol. The molecule has 0 spiro atoms. The van der Waals surface area contributed by atoms with Crippen molar-refractivity contribution in [3.63, 3.8) is 0 Å². The van der Waals surface area contributed by atoms with Gasteiger partial charge in [0.05, 0.1) is 12.6 Å². The molecule has 1 radical (unpaired) electrons. The van der Waals surface area contributed by atoms with Crippen LogP contribution in [0.3, 0.4) is 0 Å². The molecule has 0 unspecified atom stereocenters. The second kappa shape index (κ2) is 5.99. The van der Waals surface area contributed by atoms with E-state index in [0.717, 1.165) is 0 Å². The molecular formula is C6H12N3O2S. The van der Waals surface area contributed by atoms with E-state index >= 15 is 0 Å². The Labute approximate surface area is 76.3 Å². The maximum Gasteiger partial charge on any atom is 0.223 e. The highest BCUT2D eigenvalue weighted by molar-refractivity contribution is 7.80. The summed E-state index contributed by atoms with van der Waals surface area (Å²) in [7, 11) is 0. The number of nitrogens with one attached hydrogen (secondary N) is 1. The minimum atomic E-state index is -0.697. The first-order valence-electron chi connectivity index (χ1n) is 3.39. The van der Waals surface area contributed by atoms with Gasteiger partial charge < -0.3 is 16.8 Å². The van der Waals surface area contributed by atoms with E-state index in [2.05, 4.69) is 17.9 Å². The third kappa shape index (κ3) is 5.11. The molecule has 0 aliphatic carbocycles. The molecule has 0 aromatic carbocycles. The van der Waals surface area contributed by atoms with Gasteiger partial charge in [-0.25, -0.2) is 0 Å². The summed E-state index contributed by atoms with van der Waals surface area (Å²) >= 11 is 3.82. The molecule has 5 N–H and O–H groups in total. The van der Waals surface area contributed by atoms with E-state index in [1.165, 1.54) is 0 Å². The average molecular weight is 190 g/mol. The van der Waals surface area contributed by atoms with E-state index in [4.69, 9.17) is 11.5 Å². The van der Waals surface area contributed by atoms with Gasteiger partial charge in [-0.2, -0.15) is 12.6 Å². The predicted molar refractivity (Wildman–Crippen MR) is 48.3 cm³/mol. The van der Waals surface area contributed by atoms with Gasteiger partial charge in [-0.15, -0.1) is 0 Å². The van der Waals surface area contributed by atoms with Crippen LogP contribution in [0.2, 0.25) is 0 Å². The topological polar surface area (TPSA) is 98.2 Å². The van der Waals surface area contributed by atoms with Gasteiger partial charge in [0.25, 0.3) is 0 Å². The Hall–Kier alpha value is -0.590. The van der Waals surface area contributed by atoms with Crippen molar-refractivity contribution in [3.05, 3.63) is 0 Å². The second-order valence-corrected chi connectivity index (χ2v) is 2.65. The first-order chi connectivity index (χ1) is 5.60. The van der Waals surface area contributed by atoms with Crippen molar-refractivity contribution < 1.29 is 9.59 Å². The van der Waals surface area contributed by atoms with Crippen LogP contribution in [-0.2, 0) is 9.59 Å². The molecule has 1 amide bonds. The number of rotatable bonds is 5. The summed E-state index contributed by atoms with van der Waals surface area (Å²) < 4.78 is 0.